The Hall–Kier alpha value is -2.70. The zero-order chi connectivity index (χ0) is 23.4. The van der Waals surface area contributed by atoms with Gasteiger partial charge in [-0.15, -0.1) is 0 Å². The molecule has 0 fully saturated rings. The van der Waals surface area contributed by atoms with E-state index in [9.17, 15) is 9.59 Å². The molecule has 0 unspecified atom stereocenters. The number of hydrogen-bond donors (Lipinski definition) is 0. The molecular formula is C24H24Cl2O6. The van der Waals surface area contributed by atoms with Gasteiger partial charge >= 0.3 is 12.3 Å². The van der Waals surface area contributed by atoms with Crippen molar-refractivity contribution in [2.45, 2.75) is 27.7 Å². The maximum atomic E-state index is 12.4. The smallest absolute Gasteiger partial charge is 0.434 e. The molecule has 0 aliphatic heterocycles. The van der Waals surface area contributed by atoms with Crippen LogP contribution in [-0.2, 0) is 9.47 Å². The summed E-state index contributed by atoms with van der Waals surface area (Å²) >= 11 is 13.0. The molecule has 0 spiro atoms. The van der Waals surface area contributed by atoms with E-state index < -0.39 is 12.3 Å². The van der Waals surface area contributed by atoms with E-state index in [1.807, 2.05) is 27.7 Å². The fourth-order valence-electron chi connectivity index (χ4n) is 3.05. The maximum Gasteiger partial charge on any atom is 0.513 e. The molecule has 0 aromatic heterocycles. The van der Waals surface area contributed by atoms with E-state index in [0.717, 1.165) is 0 Å². The summed E-state index contributed by atoms with van der Waals surface area (Å²) in [6, 6.07) is 10.1. The third-order valence-electron chi connectivity index (χ3n) is 4.41. The topological polar surface area (TPSA) is 71.1 Å². The van der Waals surface area contributed by atoms with Gasteiger partial charge in [0, 0.05) is 21.5 Å². The van der Waals surface area contributed by atoms with E-state index in [-0.39, 0.29) is 46.6 Å². The second-order valence-corrected chi connectivity index (χ2v) is 8.91. The lowest BCUT2D eigenvalue weighted by atomic mass is 10.0. The average Bonchev–Trinajstić information content (AvgIpc) is 2.75. The molecule has 0 heterocycles. The van der Waals surface area contributed by atoms with Crippen LogP contribution in [0, 0.1) is 11.8 Å². The third-order valence-corrected chi connectivity index (χ3v) is 5.04. The van der Waals surface area contributed by atoms with Crippen molar-refractivity contribution in [3.05, 3.63) is 46.4 Å². The summed E-state index contributed by atoms with van der Waals surface area (Å²) in [5.74, 6) is 0.614. The van der Waals surface area contributed by atoms with Gasteiger partial charge in [-0.3, -0.25) is 0 Å². The van der Waals surface area contributed by atoms with Crippen LogP contribution in [0.1, 0.15) is 27.7 Å². The molecule has 0 N–H and O–H groups in total. The molecule has 6 nitrogen and oxygen atoms in total. The Morgan fingerprint density at radius 1 is 0.719 bits per heavy atom. The standard InChI is InChI=1S/C24H24Cl2O6/c1-13(2)11-29-23(27)31-21-15-7-5-6-8-16(15)22(32-24(28)30-12-14(3)4)20-18(26)10-9-17(25)19(20)21/h5-10,13-14H,11-12H2,1-4H3. The number of ether oxygens (including phenoxy) is 4. The van der Waals surface area contributed by atoms with Gasteiger partial charge in [-0.05, 0) is 24.0 Å². The Balaban J connectivity index is 2.19. The van der Waals surface area contributed by atoms with E-state index in [1.54, 1.807) is 36.4 Å². The summed E-state index contributed by atoms with van der Waals surface area (Å²) in [7, 11) is 0. The molecule has 3 aromatic carbocycles. The quantitative estimate of drug-likeness (QED) is 0.206. The predicted molar refractivity (Wildman–Crippen MR) is 125 cm³/mol. The largest absolute Gasteiger partial charge is 0.513 e. The van der Waals surface area contributed by atoms with Gasteiger partial charge < -0.3 is 18.9 Å². The molecule has 0 bridgehead atoms. The van der Waals surface area contributed by atoms with E-state index in [1.165, 1.54) is 0 Å². The van der Waals surface area contributed by atoms with Crippen LogP contribution in [0.4, 0.5) is 9.59 Å². The average molecular weight is 479 g/mol. The first-order valence-corrected chi connectivity index (χ1v) is 11.0. The van der Waals surface area contributed by atoms with Crippen molar-refractivity contribution in [1.82, 2.24) is 0 Å². The SMILES string of the molecule is CC(C)COC(=O)Oc1c2ccccc2c(OC(=O)OCC(C)C)c2c(Cl)ccc(Cl)c12. The molecule has 0 aliphatic carbocycles. The van der Waals surface area contributed by atoms with E-state index >= 15 is 0 Å². The van der Waals surface area contributed by atoms with Crippen molar-refractivity contribution >= 4 is 57.1 Å². The molecule has 170 valence electrons. The lowest BCUT2D eigenvalue weighted by Crippen LogP contribution is -2.16. The molecule has 0 saturated heterocycles. The molecule has 3 aromatic rings. The van der Waals surface area contributed by atoms with Gasteiger partial charge in [-0.25, -0.2) is 9.59 Å². The van der Waals surface area contributed by atoms with Gasteiger partial charge in [-0.1, -0.05) is 75.2 Å². The molecule has 3 rings (SSSR count). The highest BCUT2D eigenvalue weighted by atomic mass is 35.5. The first-order chi connectivity index (χ1) is 15.2. The van der Waals surface area contributed by atoms with Gasteiger partial charge in [0.05, 0.1) is 23.3 Å². The number of carbonyl (C=O) groups excluding carboxylic acids is 2. The van der Waals surface area contributed by atoms with Crippen molar-refractivity contribution in [3.8, 4) is 11.5 Å². The molecular weight excluding hydrogens is 455 g/mol. The van der Waals surface area contributed by atoms with Crippen LogP contribution in [0.3, 0.4) is 0 Å². The summed E-state index contributed by atoms with van der Waals surface area (Å²) in [4.78, 5) is 24.8. The number of rotatable bonds is 6. The van der Waals surface area contributed by atoms with Gasteiger partial charge in [-0.2, -0.15) is 0 Å². The number of fused-ring (bicyclic) bond motifs is 2. The van der Waals surface area contributed by atoms with E-state index in [0.29, 0.717) is 21.5 Å². The van der Waals surface area contributed by atoms with Crippen LogP contribution in [0.25, 0.3) is 21.5 Å². The van der Waals surface area contributed by atoms with Crippen molar-refractivity contribution in [2.75, 3.05) is 13.2 Å². The van der Waals surface area contributed by atoms with Gasteiger partial charge in [0.25, 0.3) is 0 Å². The molecule has 0 saturated carbocycles. The number of benzene rings is 3. The number of hydrogen-bond acceptors (Lipinski definition) is 6. The second kappa shape index (κ2) is 10.3. The minimum absolute atomic E-state index is 0.140. The maximum absolute atomic E-state index is 12.4. The summed E-state index contributed by atoms with van der Waals surface area (Å²) < 4.78 is 21.5. The minimum Gasteiger partial charge on any atom is -0.434 e. The zero-order valence-electron chi connectivity index (χ0n) is 18.2. The second-order valence-electron chi connectivity index (χ2n) is 8.10. The van der Waals surface area contributed by atoms with Crippen LogP contribution in [0.5, 0.6) is 11.5 Å². The normalized spacial score (nSPS) is 11.2. The number of carbonyl (C=O) groups is 2. The Kier molecular flexibility index (Phi) is 7.69. The lowest BCUT2D eigenvalue weighted by Gasteiger charge is -2.18. The first-order valence-electron chi connectivity index (χ1n) is 10.2. The zero-order valence-corrected chi connectivity index (χ0v) is 19.8. The molecule has 32 heavy (non-hydrogen) atoms. The van der Waals surface area contributed by atoms with Crippen LogP contribution in [0.15, 0.2) is 36.4 Å². The molecule has 8 heteroatoms. The highest BCUT2D eigenvalue weighted by Gasteiger charge is 2.24. The van der Waals surface area contributed by atoms with Crippen LogP contribution >= 0.6 is 23.2 Å². The Morgan fingerprint density at radius 2 is 1.09 bits per heavy atom. The fourth-order valence-corrected chi connectivity index (χ4v) is 3.54. The van der Waals surface area contributed by atoms with E-state index in [2.05, 4.69) is 0 Å². The van der Waals surface area contributed by atoms with Crippen molar-refractivity contribution in [2.24, 2.45) is 11.8 Å². The summed E-state index contributed by atoms with van der Waals surface area (Å²) in [6.07, 6.45) is -1.74. The number of halogens is 2. The highest BCUT2D eigenvalue weighted by Crippen LogP contribution is 2.48. The first kappa shape index (κ1) is 24.0. The summed E-state index contributed by atoms with van der Waals surface area (Å²) in [5.41, 5.74) is 0. The van der Waals surface area contributed by atoms with Gasteiger partial charge in [0.2, 0.25) is 0 Å². The van der Waals surface area contributed by atoms with Crippen LogP contribution in [-0.4, -0.2) is 25.5 Å². The summed E-state index contributed by atoms with van der Waals surface area (Å²) in [5, 5.41) is 2.18. The van der Waals surface area contributed by atoms with E-state index in [4.69, 9.17) is 42.1 Å². The highest BCUT2D eigenvalue weighted by molar-refractivity contribution is 6.42. The fraction of sp³-hybridized carbons (Fsp3) is 0.333. The Morgan fingerprint density at radius 3 is 1.44 bits per heavy atom. The van der Waals surface area contributed by atoms with Crippen molar-refractivity contribution in [1.29, 1.82) is 0 Å². The third kappa shape index (κ3) is 5.37. The lowest BCUT2D eigenvalue weighted by molar-refractivity contribution is 0.0879. The van der Waals surface area contributed by atoms with Crippen molar-refractivity contribution < 1.29 is 28.5 Å². The molecule has 0 atom stereocenters. The van der Waals surface area contributed by atoms with Gasteiger partial charge in [0.1, 0.15) is 0 Å². The Labute approximate surface area is 196 Å². The molecule has 0 amide bonds. The van der Waals surface area contributed by atoms with Gasteiger partial charge in [0.15, 0.2) is 11.5 Å². The predicted octanol–water partition coefficient (Wildman–Crippen LogP) is 7.64. The van der Waals surface area contributed by atoms with Crippen molar-refractivity contribution in [3.63, 3.8) is 0 Å². The minimum atomic E-state index is -0.869. The summed E-state index contributed by atoms with van der Waals surface area (Å²) in [6.45, 7) is 8.06. The molecule has 0 aliphatic rings. The van der Waals surface area contributed by atoms with Crippen LogP contribution in [0.2, 0.25) is 10.0 Å². The molecule has 0 radical (unpaired) electrons. The monoisotopic (exact) mass is 478 g/mol. The Bertz CT molecular complexity index is 1070. The van der Waals surface area contributed by atoms with Crippen LogP contribution < -0.4 is 9.47 Å².